The summed E-state index contributed by atoms with van der Waals surface area (Å²) in [6.45, 7) is 7.47. The standard InChI is InChI=1S/C23H31NO5S/c1-4-5-29-21(28)17-22(2,3)30-20-15(19(27)24(17)20)16(25)18(26)23-9-12-6-13(10-23)8-14(7-12)11-23/h4,12-17,20,25H,1,5-11H2,2-3H3/t12?,13?,14?,15-,16+,17+,20-,23?/m1/s1. The number of hydrogen-bond acceptors (Lipinski definition) is 6. The molecule has 4 bridgehead atoms. The van der Waals surface area contributed by atoms with Crippen LogP contribution in [0.4, 0.5) is 0 Å². The van der Waals surface area contributed by atoms with Crippen LogP contribution >= 0.6 is 11.8 Å². The van der Waals surface area contributed by atoms with Crippen molar-refractivity contribution in [2.45, 2.75) is 74.6 Å². The van der Waals surface area contributed by atoms with E-state index in [-0.39, 0.29) is 23.7 Å². The molecule has 0 radical (unpaired) electrons. The molecular weight excluding hydrogens is 402 g/mol. The summed E-state index contributed by atoms with van der Waals surface area (Å²) >= 11 is 1.49. The van der Waals surface area contributed by atoms with Crippen LogP contribution in [0.25, 0.3) is 0 Å². The van der Waals surface area contributed by atoms with Crippen LogP contribution in [-0.2, 0) is 19.1 Å². The molecule has 0 aromatic heterocycles. The fourth-order valence-electron chi connectivity index (χ4n) is 7.42. The summed E-state index contributed by atoms with van der Waals surface area (Å²) in [5.41, 5.74) is -0.435. The molecule has 164 valence electrons. The third-order valence-corrected chi connectivity index (χ3v) is 9.81. The molecule has 6 nitrogen and oxygen atoms in total. The van der Waals surface area contributed by atoms with Gasteiger partial charge in [-0.3, -0.25) is 9.59 Å². The molecule has 4 saturated carbocycles. The van der Waals surface area contributed by atoms with Crippen LogP contribution in [-0.4, -0.2) is 56.5 Å². The lowest BCUT2D eigenvalue weighted by molar-refractivity contribution is -0.177. The van der Waals surface area contributed by atoms with Crippen molar-refractivity contribution in [3.63, 3.8) is 0 Å². The smallest absolute Gasteiger partial charge is 0.330 e. The number of nitrogens with zero attached hydrogens (tertiary/aromatic N) is 1. The number of aliphatic hydroxyl groups excluding tert-OH is 1. The van der Waals surface area contributed by atoms with E-state index in [1.807, 2.05) is 13.8 Å². The summed E-state index contributed by atoms with van der Waals surface area (Å²) in [4.78, 5) is 40.7. The van der Waals surface area contributed by atoms with E-state index < -0.39 is 34.2 Å². The van der Waals surface area contributed by atoms with Crippen molar-refractivity contribution >= 4 is 29.4 Å². The fourth-order valence-corrected chi connectivity index (χ4v) is 9.13. The Morgan fingerprint density at radius 2 is 1.80 bits per heavy atom. The number of Topliss-reactive ketones (excluding diaryl/α,β-unsaturated/α-hetero) is 1. The highest BCUT2D eigenvalue weighted by atomic mass is 32.2. The highest BCUT2D eigenvalue weighted by Gasteiger charge is 2.67. The average Bonchev–Trinajstić information content (AvgIpc) is 2.91. The van der Waals surface area contributed by atoms with Gasteiger partial charge in [-0.25, -0.2) is 4.79 Å². The van der Waals surface area contributed by atoms with Crippen LogP contribution < -0.4 is 0 Å². The number of esters is 1. The minimum Gasteiger partial charge on any atom is -0.460 e. The molecule has 2 heterocycles. The maximum atomic E-state index is 13.6. The van der Waals surface area contributed by atoms with Gasteiger partial charge < -0.3 is 14.7 Å². The van der Waals surface area contributed by atoms with Gasteiger partial charge in [-0.2, -0.15) is 0 Å². The quantitative estimate of drug-likeness (QED) is 0.394. The molecule has 4 aliphatic carbocycles. The van der Waals surface area contributed by atoms with Crippen molar-refractivity contribution in [1.29, 1.82) is 0 Å². The molecule has 2 saturated heterocycles. The van der Waals surface area contributed by atoms with Gasteiger partial charge >= 0.3 is 5.97 Å². The number of ether oxygens (including phenoxy) is 1. The topological polar surface area (TPSA) is 83.9 Å². The number of amides is 1. The lowest BCUT2D eigenvalue weighted by Gasteiger charge is -2.57. The largest absolute Gasteiger partial charge is 0.460 e. The van der Waals surface area contributed by atoms with E-state index in [1.165, 1.54) is 42.0 Å². The summed E-state index contributed by atoms with van der Waals surface area (Å²) in [5.74, 6) is 0.176. The number of ketones is 1. The van der Waals surface area contributed by atoms with E-state index in [1.54, 1.807) is 0 Å². The number of thioether (sulfide) groups is 1. The lowest BCUT2D eigenvalue weighted by Crippen LogP contribution is -2.67. The zero-order valence-electron chi connectivity index (χ0n) is 17.7. The predicted molar refractivity (Wildman–Crippen MR) is 112 cm³/mol. The van der Waals surface area contributed by atoms with Gasteiger partial charge in [-0.05, 0) is 70.1 Å². The Hall–Kier alpha value is -1.34. The third-order valence-electron chi connectivity index (χ3n) is 8.22. The Kier molecular flexibility index (Phi) is 4.68. The van der Waals surface area contributed by atoms with Crippen molar-refractivity contribution < 1.29 is 24.2 Å². The van der Waals surface area contributed by atoms with Gasteiger partial charge in [0, 0.05) is 10.2 Å². The molecule has 6 fully saturated rings. The number of carbonyl (C=O) groups excluding carboxylic acids is 3. The van der Waals surface area contributed by atoms with E-state index in [4.69, 9.17) is 4.74 Å². The molecule has 1 N–H and O–H groups in total. The Morgan fingerprint density at radius 3 is 2.33 bits per heavy atom. The van der Waals surface area contributed by atoms with Gasteiger partial charge in [0.15, 0.2) is 5.78 Å². The van der Waals surface area contributed by atoms with Gasteiger partial charge in [-0.15, -0.1) is 11.8 Å². The summed E-state index contributed by atoms with van der Waals surface area (Å²) in [7, 11) is 0. The zero-order chi connectivity index (χ0) is 21.4. The van der Waals surface area contributed by atoms with E-state index in [0.717, 1.165) is 19.3 Å². The van der Waals surface area contributed by atoms with Gasteiger partial charge in [0.2, 0.25) is 5.91 Å². The summed E-state index contributed by atoms with van der Waals surface area (Å²) in [6, 6.07) is -0.710. The number of aliphatic hydroxyl groups is 1. The molecule has 0 aromatic carbocycles. The summed E-state index contributed by atoms with van der Waals surface area (Å²) in [6.07, 6.45) is 6.51. The fraction of sp³-hybridized carbons (Fsp3) is 0.783. The highest BCUT2D eigenvalue weighted by Crippen LogP contribution is 2.62. The Labute approximate surface area is 181 Å². The first kappa shape index (κ1) is 20.6. The summed E-state index contributed by atoms with van der Waals surface area (Å²) in [5, 5.41) is 10.8. The van der Waals surface area contributed by atoms with Crippen LogP contribution in [0.2, 0.25) is 0 Å². The maximum Gasteiger partial charge on any atom is 0.330 e. The molecule has 2 aliphatic heterocycles. The Balaban J connectivity index is 1.34. The number of carbonyl (C=O) groups is 3. The van der Waals surface area contributed by atoms with Gasteiger partial charge in [0.25, 0.3) is 0 Å². The van der Waals surface area contributed by atoms with Gasteiger partial charge in [0.05, 0.1) is 5.37 Å². The van der Waals surface area contributed by atoms with Crippen molar-refractivity contribution in [3.8, 4) is 0 Å². The maximum absolute atomic E-state index is 13.6. The molecular formula is C23H31NO5S. The van der Waals surface area contributed by atoms with E-state index in [0.29, 0.717) is 17.8 Å². The van der Waals surface area contributed by atoms with Crippen LogP contribution in [0.1, 0.15) is 52.4 Å². The minimum absolute atomic E-state index is 0.0966. The van der Waals surface area contributed by atoms with Crippen LogP contribution in [0.5, 0.6) is 0 Å². The first-order valence-corrected chi connectivity index (χ1v) is 12.0. The molecule has 0 aromatic rings. The lowest BCUT2D eigenvalue weighted by atomic mass is 9.48. The number of hydrogen-bond donors (Lipinski definition) is 1. The second-order valence-electron chi connectivity index (χ2n) is 10.7. The van der Waals surface area contributed by atoms with Crippen LogP contribution in [0.15, 0.2) is 12.7 Å². The van der Waals surface area contributed by atoms with Crippen molar-refractivity contribution in [1.82, 2.24) is 4.90 Å². The van der Waals surface area contributed by atoms with Crippen molar-refractivity contribution in [2.24, 2.45) is 29.1 Å². The van der Waals surface area contributed by atoms with Crippen molar-refractivity contribution in [2.75, 3.05) is 6.61 Å². The van der Waals surface area contributed by atoms with E-state index in [2.05, 4.69) is 6.58 Å². The minimum atomic E-state index is -1.28. The van der Waals surface area contributed by atoms with Gasteiger partial charge in [-0.1, -0.05) is 12.7 Å². The molecule has 4 atom stereocenters. The zero-order valence-corrected chi connectivity index (χ0v) is 18.5. The SMILES string of the molecule is C=CCOC(=O)[C@@H]1N2C(=O)[C@@H]([C@H](O)C(=O)C34CC5CC(CC(C5)C3)C4)[C@H]2SC1(C)C. The number of fused-ring (bicyclic) bond motifs is 1. The van der Waals surface area contributed by atoms with Crippen LogP contribution in [0, 0.1) is 29.1 Å². The normalized spacial score (nSPS) is 43.7. The Morgan fingerprint density at radius 1 is 1.23 bits per heavy atom. The van der Waals surface area contributed by atoms with E-state index >= 15 is 0 Å². The van der Waals surface area contributed by atoms with Crippen LogP contribution in [0.3, 0.4) is 0 Å². The number of rotatable bonds is 6. The summed E-state index contributed by atoms with van der Waals surface area (Å²) < 4.78 is 4.68. The van der Waals surface area contributed by atoms with Crippen molar-refractivity contribution in [3.05, 3.63) is 12.7 Å². The average molecular weight is 434 g/mol. The molecule has 6 rings (SSSR count). The number of β-lactam (4-membered cyclic amide) rings is 1. The molecule has 7 heteroatoms. The molecule has 1 amide bonds. The first-order valence-electron chi connectivity index (χ1n) is 11.2. The second-order valence-corrected chi connectivity index (χ2v) is 12.5. The molecule has 6 aliphatic rings. The third kappa shape index (κ3) is 2.84. The van der Waals surface area contributed by atoms with Gasteiger partial charge in [0.1, 0.15) is 24.7 Å². The monoisotopic (exact) mass is 433 g/mol. The van der Waals surface area contributed by atoms with E-state index in [9.17, 15) is 19.5 Å². The highest BCUT2D eigenvalue weighted by molar-refractivity contribution is 8.01. The molecule has 0 unspecified atom stereocenters. The predicted octanol–water partition coefficient (Wildman–Crippen LogP) is 2.54. The Bertz CT molecular complexity index is 772. The second kappa shape index (κ2) is 6.83. The first-order chi connectivity index (χ1) is 14.2. The molecule has 0 spiro atoms. The molecule has 30 heavy (non-hydrogen) atoms.